The van der Waals surface area contributed by atoms with Crippen molar-refractivity contribution < 1.29 is 9.53 Å². The number of nitrogens with zero attached hydrogens (tertiary/aromatic N) is 1. The maximum absolute atomic E-state index is 12.0. The van der Waals surface area contributed by atoms with Gasteiger partial charge in [-0.25, -0.2) is 0 Å². The Balaban J connectivity index is 1.65. The topological polar surface area (TPSA) is 41.6 Å². The summed E-state index contributed by atoms with van der Waals surface area (Å²) < 4.78 is 5.60. The Morgan fingerprint density at radius 3 is 2.94 bits per heavy atom. The second-order valence-electron chi connectivity index (χ2n) is 5.13. The lowest BCUT2D eigenvalue weighted by atomic mass is 10.1. The van der Waals surface area contributed by atoms with Crippen LogP contribution in [0.1, 0.15) is 32.6 Å². The third kappa shape index (κ3) is 4.28. The van der Waals surface area contributed by atoms with E-state index in [-0.39, 0.29) is 12.0 Å². The van der Waals surface area contributed by atoms with Gasteiger partial charge in [0.05, 0.1) is 12.6 Å². The smallest absolute Gasteiger partial charge is 0.236 e. The summed E-state index contributed by atoms with van der Waals surface area (Å²) in [4.78, 5) is 13.9. The van der Waals surface area contributed by atoms with Gasteiger partial charge in [-0.3, -0.25) is 4.79 Å². The third-order valence-corrected chi connectivity index (χ3v) is 3.54. The molecule has 1 heterocycles. The Kier molecular flexibility index (Phi) is 4.80. The first-order valence-electron chi connectivity index (χ1n) is 6.89. The van der Waals surface area contributed by atoms with Crippen molar-refractivity contribution in [1.82, 2.24) is 10.2 Å². The Hall–Kier alpha value is -0.610. The molecule has 0 spiro atoms. The van der Waals surface area contributed by atoms with Crippen LogP contribution in [0.5, 0.6) is 0 Å². The largest absolute Gasteiger partial charge is 0.377 e. The Morgan fingerprint density at radius 2 is 2.24 bits per heavy atom. The van der Waals surface area contributed by atoms with Crippen LogP contribution in [0.3, 0.4) is 0 Å². The number of likely N-dealkylation sites (tertiary alicyclic amines) is 1. The summed E-state index contributed by atoms with van der Waals surface area (Å²) >= 11 is 0. The van der Waals surface area contributed by atoms with Gasteiger partial charge >= 0.3 is 0 Å². The van der Waals surface area contributed by atoms with Crippen LogP contribution in [0, 0.1) is 5.92 Å². The fraction of sp³-hybridized carbons (Fsp3) is 0.923. The fourth-order valence-corrected chi connectivity index (χ4v) is 2.35. The summed E-state index contributed by atoms with van der Waals surface area (Å²) in [5.74, 6) is 1.07. The molecule has 4 nitrogen and oxygen atoms in total. The third-order valence-electron chi connectivity index (χ3n) is 3.54. The first-order valence-corrected chi connectivity index (χ1v) is 6.89. The number of amides is 1. The summed E-state index contributed by atoms with van der Waals surface area (Å²) in [6.07, 6.45) is 5.07. The fourth-order valence-electron chi connectivity index (χ4n) is 2.35. The van der Waals surface area contributed by atoms with Gasteiger partial charge in [-0.1, -0.05) is 0 Å². The van der Waals surface area contributed by atoms with Crippen LogP contribution in [0.4, 0.5) is 0 Å². The first kappa shape index (κ1) is 12.8. The van der Waals surface area contributed by atoms with Crippen LogP contribution in [0.15, 0.2) is 0 Å². The summed E-state index contributed by atoms with van der Waals surface area (Å²) in [5.41, 5.74) is 0. The maximum atomic E-state index is 12.0. The molecule has 1 N–H and O–H groups in total. The minimum atomic E-state index is 0.232. The van der Waals surface area contributed by atoms with E-state index in [9.17, 15) is 4.79 Å². The zero-order chi connectivity index (χ0) is 12.1. The SMILES string of the molecule is CCOC1CCCN(C(=O)CNCC2CC2)C1. The van der Waals surface area contributed by atoms with Gasteiger partial charge in [-0.05, 0) is 45.1 Å². The molecule has 0 bridgehead atoms. The van der Waals surface area contributed by atoms with Gasteiger partial charge in [-0.15, -0.1) is 0 Å². The molecule has 1 aliphatic heterocycles. The van der Waals surface area contributed by atoms with Crippen LogP contribution in [-0.4, -0.2) is 49.7 Å². The second-order valence-corrected chi connectivity index (χ2v) is 5.13. The lowest BCUT2D eigenvalue weighted by Crippen LogP contribution is -2.46. The summed E-state index contributed by atoms with van der Waals surface area (Å²) in [5, 5.41) is 3.26. The molecule has 1 aliphatic carbocycles. The van der Waals surface area contributed by atoms with Crippen LogP contribution >= 0.6 is 0 Å². The van der Waals surface area contributed by atoms with E-state index >= 15 is 0 Å². The van der Waals surface area contributed by atoms with Crippen LogP contribution in [-0.2, 0) is 9.53 Å². The molecule has 0 aromatic heterocycles. The molecule has 2 aliphatic rings. The number of ether oxygens (including phenoxy) is 1. The van der Waals surface area contributed by atoms with E-state index < -0.39 is 0 Å². The highest BCUT2D eigenvalue weighted by Crippen LogP contribution is 2.27. The summed E-state index contributed by atoms with van der Waals surface area (Å²) in [6, 6.07) is 0. The van der Waals surface area contributed by atoms with Crippen molar-refractivity contribution in [2.24, 2.45) is 5.92 Å². The van der Waals surface area contributed by atoms with Crippen molar-refractivity contribution in [2.75, 3.05) is 32.8 Å². The molecule has 1 saturated heterocycles. The van der Waals surface area contributed by atoms with E-state index in [0.29, 0.717) is 6.54 Å². The molecule has 1 amide bonds. The van der Waals surface area contributed by atoms with Gasteiger partial charge in [0.25, 0.3) is 0 Å². The number of piperidine rings is 1. The Labute approximate surface area is 104 Å². The number of carbonyl (C=O) groups excluding carboxylic acids is 1. The molecule has 4 heteroatoms. The van der Waals surface area contributed by atoms with Crippen molar-refractivity contribution in [3.8, 4) is 0 Å². The average Bonchev–Trinajstić information content (AvgIpc) is 3.14. The van der Waals surface area contributed by atoms with Crippen molar-refractivity contribution >= 4 is 5.91 Å². The monoisotopic (exact) mass is 240 g/mol. The highest BCUT2D eigenvalue weighted by molar-refractivity contribution is 5.78. The molecule has 0 aromatic rings. The van der Waals surface area contributed by atoms with Gasteiger partial charge in [0.2, 0.25) is 5.91 Å². The van der Waals surface area contributed by atoms with Gasteiger partial charge in [0, 0.05) is 19.7 Å². The second kappa shape index (κ2) is 6.36. The van der Waals surface area contributed by atoms with E-state index in [2.05, 4.69) is 5.32 Å². The van der Waals surface area contributed by atoms with Gasteiger partial charge in [0.15, 0.2) is 0 Å². The van der Waals surface area contributed by atoms with E-state index in [1.54, 1.807) is 0 Å². The molecule has 17 heavy (non-hydrogen) atoms. The molecule has 2 fully saturated rings. The number of hydrogen-bond acceptors (Lipinski definition) is 3. The lowest BCUT2D eigenvalue weighted by Gasteiger charge is -2.32. The standard InChI is InChI=1S/C13H24N2O2/c1-2-17-12-4-3-7-15(10-12)13(16)9-14-8-11-5-6-11/h11-12,14H,2-10H2,1H3. The molecule has 98 valence electrons. The summed E-state index contributed by atoms with van der Waals surface area (Å²) in [7, 11) is 0. The summed E-state index contributed by atoms with van der Waals surface area (Å²) in [6.45, 7) is 5.93. The molecular weight excluding hydrogens is 216 g/mol. The van der Waals surface area contributed by atoms with E-state index in [1.807, 2.05) is 11.8 Å². The maximum Gasteiger partial charge on any atom is 0.236 e. The van der Waals surface area contributed by atoms with Crippen LogP contribution < -0.4 is 5.32 Å². The van der Waals surface area contributed by atoms with E-state index in [1.165, 1.54) is 12.8 Å². The molecule has 1 saturated carbocycles. The molecule has 0 aromatic carbocycles. The van der Waals surface area contributed by atoms with Crippen molar-refractivity contribution in [1.29, 1.82) is 0 Å². The average molecular weight is 240 g/mol. The zero-order valence-corrected chi connectivity index (χ0v) is 10.8. The quantitative estimate of drug-likeness (QED) is 0.753. The van der Waals surface area contributed by atoms with Gasteiger partial charge in [0.1, 0.15) is 0 Å². The van der Waals surface area contributed by atoms with Crippen molar-refractivity contribution in [3.05, 3.63) is 0 Å². The van der Waals surface area contributed by atoms with E-state index in [0.717, 1.165) is 45.0 Å². The Bertz CT molecular complexity index is 252. The number of rotatable bonds is 6. The van der Waals surface area contributed by atoms with Crippen molar-refractivity contribution in [3.63, 3.8) is 0 Å². The predicted molar refractivity (Wildman–Crippen MR) is 66.8 cm³/mol. The highest BCUT2D eigenvalue weighted by atomic mass is 16.5. The Morgan fingerprint density at radius 1 is 1.41 bits per heavy atom. The number of carbonyl (C=O) groups is 1. The van der Waals surface area contributed by atoms with E-state index in [4.69, 9.17) is 4.74 Å². The minimum Gasteiger partial charge on any atom is -0.377 e. The van der Waals surface area contributed by atoms with Gasteiger partial charge in [-0.2, -0.15) is 0 Å². The van der Waals surface area contributed by atoms with Crippen molar-refractivity contribution in [2.45, 2.75) is 38.7 Å². The minimum absolute atomic E-state index is 0.232. The van der Waals surface area contributed by atoms with Gasteiger partial charge < -0.3 is 15.0 Å². The highest BCUT2D eigenvalue weighted by Gasteiger charge is 2.24. The number of nitrogens with one attached hydrogen (secondary N) is 1. The molecule has 1 unspecified atom stereocenters. The van der Waals surface area contributed by atoms with Crippen LogP contribution in [0.25, 0.3) is 0 Å². The molecular formula is C13H24N2O2. The molecule has 2 rings (SSSR count). The molecule has 1 atom stereocenters. The lowest BCUT2D eigenvalue weighted by molar-refractivity contribution is -0.134. The normalized spacial score (nSPS) is 25.0. The zero-order valence-electron chi connectivity index (χ0n) is 10.8. The van der Waals surface area contributed by atoms with Crippen LogP contribution in [0.2, 0.25) is 0 Å². The molecule has 0 radical (unpaired) electrons. The number of hydrogen-bond donors (Lipinski definition) is 1. The first-order chi connectivity index (χ1) is 8.29. The predicted octanol–water partition coefficient (Wildman–Crippen LogP) is 1.01.